The first-order valence-electron chi connectivity index (χ1n) is 12.9. The Morgan fingerprint density at radius 2 is 0.462 bits per heavy atom. The smallest absolute Gasteiger partial charge is 0.0319 e. The Morgan fingerprint density at radius 1 is 0.282 bits per heavy atom. The molecule has 194 valence electrons. The van der Waals surface area contributed by atoms with Crippen molar-refractivity contribution in [2.24, 2.45) is 0 Å². The van der Waals surface area contributed by atoms with Gasteiger partial charge < -0.3 is 5.11 Å². The Hall–Kier alpha value is -4.29. The van der Waals surface area contributed by atoms with Gasteiger partial charge in [-0.25, -0.2) is 0 Å². The molecule has 0 heterocycles. The SMILES string of the molecule is CO.c1ccc(-c2ccccc2)cc1.c1ccc(-c2ccccc2)cc1.c1ccc(Pc2ccccc2)cc1. The summed E-state index contributed by atoms with van der Waals surface area (Å²) >= 11 is 0. The molecule has 6 aromatic carbocycles. The molecule has 0 aliphatic carbocycles. The maximum atomic E-state index is 7.00. The van der Waals surface area contributed by atoms with E-state index in [1.54, 1.807) is 0 Å². The summed E-state index contributed by atoms with van der Waals surface area (Å²) in [5.41, 5.74) is 5.10. The molecule has 2 heteroatoms. The fraction of sp³-hybridized carbons (Fsp3) is 0.0270. The molecule has 6 aromatic rings. The standard InChI is InChI=1S/C12H11P.2C12H10.CH4O/c1-3-7-11(8-4-1)13-12-9-5-2-6-10-12;2*1-3-7-11(8-4-1)12-9-5-2-6-10-12;1-2/h1-10,13H;2*1-10H;2H,1H3. The Labute approximate surface area is 235 Å². The molecule has 0 saturated heterocycles. The van der Waals surface area contributed by atoms with Gasteiger partial charge in [-0.3, -0.25) is 0 Å². The molecule has 0 amide bonds. The van der Waals surface area contributed by atoms with Gasteiger partial charge in [-0.2, -0.15) is 0 Å². The third kappa shape index (κ3) is 10.9. The molecule has 0 saturated carbocycles. The number of benzene rings is 6. The van der Waals surface area contributed by atoms with Crippen LogP contribution in [0.1, 0.15) is 0 Å². The van der Waals surface area contributed by atoms with Crippen LogP contribution in [-0.4, -0.2) is 12.2 Å². The summed E-state index contributed by atoms with van der Waals surface area (Å²) in [5, 5.41) is 9.79. The van der Waals surface area contributed by atoms with E-state index in [0.717, 1.165) is 15.7 Å². The highest BCUT2D eigenvalue weighted by atomic mass is 31.1. The van der Waals surface area contributed by atoms with Crippen molar-refractivity contribution in [3.8, 4) is 22.3 Å². The maximum Gasteiger partial charge on any atom is 0.0319 e. The molecule has 0 aromatic heterocycles. The zero-order valence-electron chi connectivity index (χ0n) is 22.3. The van der Waals surface area contributed by atoms with Crippen molar-refractivity contribution in [1.29, 1.82) is 0 Å². The molecule has 1 nitrogen and oxygen atoms in total. The van der Waals surface area contributed by atoms with Crippen LogP contribution in [0.5, 0.6) is 0 Å². The van der Waals surface area contributed by atoms with Crippen LogP contribution in [0.15, 0.2) is 182 Å². The number of hydrogen-bond donors (Lipinski definition) is 1. The Kier molecular flexibility index (Phi) is 13.5. The largest absolute Gasteiger partial charge is 0.400 e. The quantitative estimate of drug-likeness (QED) is 0.228. The minimum atomic E-state index is 0.777. The zero-order chi connectivity index (χ0) is 27.4. The molecule has 0 aliphatic heterocycles. The van der Waals surface area contributed by atoms with Gasteiger partial charge in [-0.15, -0.1) is 0 Å². The molecule has 6 rings (SSSR count). The summed E-state index contributed by atoms with van der Waals surface area (Å²) in [5.74, 6) is 0. The van der Waals surface area contributed by atoms with Crippen molar-refractivity contribution in [3.63, 3.8) is 0 Å². The molecule has 0 fully saturated rings. The van der Waals surface area contributed by atoms with Crippen LogP contribution in [0.2, 0.25) is 0 Å². The predicted molar refractivity (Wildman–Crippen MR) is 172 cm³/mol. The van der Waals surface area contributed by atoms with Gasteiger partial charge in [0.1, 0.15) is 0 Å². The normalized spacial score (nSPS) is 9.38. The molecule has 1 N–H and O–H groups in total. The molecule has 0 aliphatic rings. The number of aliphatic hydroxyl groups excluding tert-OH is 1. The van der Waals surface area contributed by atoms with E-state index >= 15 is 0 Å². The molecule has 0 atom stereocenters. The van der Waals surface area contributed by atoms with Crippen LogP contribution in [0.4, 0.5) is 0 Å². The third-order valence-electron chi connectivity index (χ3n) is 5.60. The lowest BCUT2D eigenvalue weighted by Crippen LogP contribution is -2.01. The molecular formula is C37H35OP. The van der Waals surface area contributed by atoms with Crippen LogP contribution >= 0.6 is 8.58 Å². The summed E-state index contributed by atoms with van der Waals surface area (Å²) in [7, 11) is 1.78. The van der Waals surface area contributed by atoms with Crippen molar-refractivity contribution in [2.45, 2.75) is 0 Å². The fourth-order valence-corrected chi connectivity index (χ4v) is 4.78. The van der Waals surface area contributed by atoms with E-state index in [9.17, 15) is 0 Å². The minimum absolute atomic E-state index is 0.777. The van der Waals surface area contributed by atoms with E-state index < -0.39 is 0 Å². The van der Waals surface area contributed by atoms with E-state index in [1.165, 1.54) is 32.9 Å². The number of aliphatic hydroxyl groups is 1. The van der Waals surface area contributed by atoms with E-state index in [2.05, 4.69) is 158 Å². The van der Waals surface area contributed by atoms with E-state index in [-0.39, 0.29) is 0 Å². The fourth-order valence-electron chi connectivity index (χ4n) is 3.73. The first kappa shape index (κ1) is 29.3. The summed E-state index contributed by atoms with van der Waals surface area (Å²) in [6, 6.07) is 62.7. The van der Waals surface area contributed by atoms with Gasteiger partial charge in [0.15, 0.2) is 0 Å². The van der Waals surface area contributed by atoms with Crippen LogP contribution in [0.25, 0.3) is 22.3 Å². The zero-order valence-corrected chi connectivity index (χ0v) is 23.3. The molecule has 0 unspecified atom stereocenters. The second-order valence-electron chi connectivity index (χ2n) is 8.32. The van der Waals surface area contributed by atoms with Gasteiger partial charge in [-0.05, 0) is 32.9 Å². The lowest BCUT2D eigenvalue weighted by atomic mass is 10.1. The van der Waals surface area contributed by atoms with Crippen molar-refractivity contribution < 1.29 is 5.11 Å². The number of hydrogen-bond acceptors (Lipinski definition) is 1. The highest BCUT2D eigenvalue weighted by Crippen LogP contribution is 2.18. The van der Waals surface area contributed by atoms with Gasteiger partial charge in [0.2, 0.25) is 0 Å². The Balaban J connectivity index is 0.000000157. The molecular weight excluding hydrogens is 491 g/mol. The molecule has 0 spiro atoms. The van der Waals surface area contributed by atoms with Crippen molar-refractivity contribution in [2.75, 3.05) is 7.11 Å². The highest BCUT2D eigenvalue weighted by Gasteiger charge is 1.94. The van der Waals surface area contributed by atoms with Crippen molar-refractivity contribution >= 4 is 19.2 Å². The van der Waals surface area contributed by atoms with Gasteiger partial charge in [0.05, 0.1) is 0 Å². The first-order valence-corrected chi connectivity index (χ1v) is 13.9. The summed E-state index contributed by atoms with van der Waals surface area (Å²) in [6.07, 6.45) is 0. The second kappa shape index (κ2) is 18.0. The van der Waals surface area contributed by atoms with Crippen molar-refractivity contribution in [1.82, 2.24) is 0 Å². The van der Waals surface area contributed by atoms with Crippen LogP contribution < -0.4 is 10.6 Å². The highest BCUT2D eigenvalue weighted by molar-refractivity contribution is 7.55. The lowest BCUT2D eigenvalue weighted by molar-refractivity contribution is 0.399. The van der Waals surface area contributed by atoms with Gasteiger partial charge >= 0.3 is 0 Å². The minimum Gasteiger partial charge on any atom is -0.400 e. The average Bonchev–Trinajstić information content (AvgIpc) is 3.05. The van der Waals surface area contributed by atoms with E-state index in [1.807, 2.05) is 24.3 Å². The summed E-state index contributed by atoms with van der Waals surface area (Å²) < 4.78 is 0. The number of rotatable bonds is 4. The summed E-state index contributed by atoms with van der Waals surface area (Å²) in [4.78, 5) is 0. The van der Waals surface area contributed by atoms with E-state index in [0.29, 0.717) is 0 Å². The maximum absolute atomic E-state index is 7.00. The Bertz CT molecular complexity index is 1200. The third-order valence-corrected chi connectivity index (χ3v) is 6.84. The predicted octanol–water partition coefficient (Wildman–Crippen LogP) is 8.63. The van der Waals surface area contributed by atoms with Crippen LogP contribution in [0, 0.1) is 0 Å². The first-order chi connectivity index (χ1) is 19.4. The average molecular weight is 527 g/mol. The van der Waals surface area contributed by atoms with Crippen molar-refractivity contribution in [3.05, 3.63) is 182 Å². The molecule has 0 radical (unpaired) electrons. The Morgan fingerprint density at radius 3 is 0.667 bits per heavy atom. The second-order valence-corrected chi connectivity index (χ2v) is 9.73. The monoisotopic (exact) mass is 526 g/mol. The van der Waals surface area contributed by atoms with Crippen LogP contribution in [-0.2, 0) is 0 Å². The molecule has 39 heavy (non-hydrogen) atoms. The topological polar surface area (TPSA) is 20.2 Å². The van der Waals surface area contributed by atoms with E-state index in [4.69, 9.17) is 5.11 Å². The van der Waals surface area contributed by atoms with Gasteiger partial charge in [0.25, 0.3) is 0 Å². The molecule has 0 bridgehead atoms. The summed E-state index contributed by atoms with van der Waals surface area (Å²) in [6.45, 7) is 0. The van der Waals surface area contributed by atoms with Crippen LogP contribution in [0.3, 0.4) is 0 Å². The van der Waals surface area contributed by atoms with Gasteiger partial charge in [0, 0.05) is 7.11 Å². The lowest BCUT2D eigenvalue weighted by Gasteiger charge is -2.00. The van der Waals surface area contributed by atoms with Gasteiger partial charge in [-0.1, -0.05) is 191 Å².